The summed E-state index contributed by atoms with van der Waals surface area (Å²) in [5, 5.41) is 3.65. The fourth-order valence-electron chi connectivity index (χ4n) is 2.65. The summed E-state index contributed by atoms with van der Waals surface area (Å²) in [6.45, 7) is 6.37. The highest BCUT2D eigenvalue weighted by Gasteiger charge is 2.12. The van der Waals surface area contributed by atoms with Crippen LogP contribution in [0.25, 0.3) is 21.9 Å². The van der Waals surface area contributed by atoms with Gasteiger partial charge in [0.1, 0.15) is 24.3 Å². The van der Waals surface area contributed by atoms with Gasteiger partial charge in [-0.1, -0.05) is 24.3 Å². The number of rotatable bonds is 2. The topological polar surface area (TPSA) is 16.1 Å². The molecule has 1 heterocycles. The molecule has 0 aliphatic heterocycles. The zero-order valence-corrected chi connectivity index (χ0v) is 11.4. The maximum absolute atomic E-state index is 6.00. The third-order valence-corrected chi connectivity index (χ3v) is 3.58. The van der Waals surface area contributed by atoms with E-state index in [9.17, 15) is 0 Å². The number of nitrogens with zero attached hydrogens (tertiary/aromatic N) is 1. The summed E-state index contributed by atoms with van der Waals surface area (Å²) in [5.41, 5.74) is 1.89. The van der Waals surface area contributed by atoms with Crippen LogP contribution in [0, 0.1) is 0 Å². The van der Waals surface area contributed by atoms with Gasteiger partial charge >= 0.3 is 0 Å². The first-order valence-corrected chi connectivity index (χ1v) is 6.83. The van der Waals surface area contributed by atoms with Crippen molar-refractivity contribution < 1.29 is 4.42 Å². The quantitative estimate of drug-likeness (QED) is 0.504. The summed E-state index contributed by atoms with van der Waals surface area (Å²) in [6, 6.07) is 16.5. The monoisotopic (exact) mass is 252 g/mol. The standard InChI is InChI=1S/C17H18NO/c1-3-18(4-2)17-13-9-5-7-11-15(13)19-16-12-8-6-10-14(16)17/h5-12H,3-4H2,1-2H3/q+1. The Kier molecular flexibility index (Phi) is 3.08. The summed E-state index contributed by atoms with van der Waals surface area (Å²) in [5.74, 6) is 0. The van der Waals surface area contributed by atoms with Crippen LogP contribution in [0.15, 0.2) is 52.9 Å². The van der Waals surface area contributed by atoms with Crippen LogP contribution in [0.3, 0.4) is 0 Å². The smallest absolute Gasteiger partial charge is 0.222 e. The highest BCUT2D eigenvalue weighted by Crippen LogP contribution is 2.17. The van der Waals surface area contributed by atoms with Crippen molar-refractivity contribution in [3.63, 3.8) is 0 Å². The SMILES string of the molecule is CC[N+](CC)=c1c2ccccc2oc2ccccc12. The second-order valence-corrected chi connectivity index (χ2v) is 4.62. The van der Waals surface area contributed by atoms with E-state index in [1.165, 1.54) is 16.1 Å². The van der Waals surface area contributed by atoms with Crippen molar-refractivity contribution in [3.8, 4) is 0 Å². The second-order valence-electron chi connectivity index (χ2n) is 4.62. The summed E-state index contributed by atoms with van der Waals surface area (Å²) in [6.07, 6.45) is 0. The molecule has 1 aromatic heterocycles. The fourth-order valence-corrected chi connectivity index (χ4v) is 2.65. The van der Waals surface area contributed by atoms with E-state index in [1.807, 2.05) is 24.3 Å². The Bertz CT molecular complexity index is 736. The number of fused-ring (bicyclic) bond motifs is 2. The Labute approximate surface area is 112 Å². The van der Waals surface area contributed by atoms with Crippen LogP contribution in [0.4, 0.5) is 0 Å². The molecule has 2 nitrogen and oxygen atoms in total. The van der Waals surface area contributed by atoms with Crippen molar-refractivity contribution in [1.29, 1.82) is 0 Å². The van der Waals surface area contributed by atoms with Crippen LogP contribution < -0.4 is 9.93 Å². The molecular formula is C17H18NO+. The van der Waals surface area contributed by atoms with E-state index in [0.29, 0.717) is 0 Å². The Morgan fingerprint density at radius 2 is 1.26 bits per heavy atom. The highest BCUT2D eigenvalue weighted by atomic mass is 16.3. The first kappa shape index (κ1) is 12.0. The van der Waals surface area contributed by atoms with Gasteiger partial charge in [0.15, 0.2) is 0 Å². The van der Waals surface area contributed by atoms with Gasteiger partial charge in [0.25, 0.3) is 0 Å². The van der Waals surface area contributed by atoms with Gasteiger partial charge in [-0.2, -0.15) is 0 Å². The van der Waals surface area contributed by atoms with Crippen LogP contribution in [-0.2, 0) is 0 Å². The summed E-state index contributed by atoms with van der Waals surface area (Å²) in [4.78, 5) is 0. The van der Waals surface area contributed by atoms with Crippen LogP contribution in [0.2, 0.25) is 0 Å². The lowest BCUT2D eigenvalue weighted by Crippen LogP contribution is -2.30. The third kappa shape index (κ3) is 1.93. The van der Waals surface area contributed by atoms with E-state index in [4.69, 9.17) is 4.42 Å². The van der Waals surface area contributed by atoms with Gasteiger partial charge in [0.2, 0.25) is 5.36 Å². The molecular weight excluding hydrogens is 234 g/mol. The molecule has 0 N–H and O–H groups in total. The van der Waals surface area contributed by atoms with Crippen molar-refractivity contribution in [2.75, 3.05) is 13.1 Å². The zero-order chi connectivity index (χ0) is 13.2. The molecule has 19 heavy (non-hydrogen) atoms. The summed E-state index contributed by atoms with van der Waals surface area (Å²) in [7, 11) is 0. The lowest BCUT2D eigenvalue weighted by atomic mass is 10.1. The van der Waals surface area contributed by atoms with Crippen molar-refractivity contribution in [2.45, 2.75) is 13.8 Å². The van der Waals surface area contributed by atoms with Gasteiger partial charge in [-0.25, -0.2) is 4.58 Å². The van der Waals surface area contributed by atoms with E-state index in [2.05, 4.69) is 42.7 Å². The predicted octanol–water partition coefficient (Wildman–Crippen LogP) is 3.40. The van der Waals surface area contributed by atoms with Crippen molar-refractivity contribution in [1.82, 2.24) is 4.58 Å². The maximum Gasteiger partial charge on any atom is 0.222 e. The first-order valence-electron chi connectivity index (χ1n) is 6.83. The Morgan fingerprint density at radius 3 is 1.74 bits per heavy atom. The predicted molar refractivity (Wildman–Crippen MR) is 80.1 cm³/mol. The van der Waals surface area contributed by atoms with Gasteiger partial charge in [0, 0.05) is 0 Å². The van der Waals surface area contributed by atoms with Gasteiger partial charge < -0.3 is 4.42 Å². The molecule has 0 aliphatic carbocycles. The van der Waals surface area contributed by atoms with Crippen LogP contribution >= 0.6 is 0 Å². The Balaban J connectivity index is 2.65. The fraction of sp³-hybridized carbons (Fsp3) is 0.235. The number of benzene rings is 2. The van der Waals surface area contributed by atoms with Crippen molar-refractivity contribution in [3.05, 3.63) is 53.9 Å². The van der Waals surface area contributed by atoms with Gasteiger partial charge in [-0.15, -0.1) is 0 Å². The van der Waals surface area contributed by atoms with E-state index in [-0.39, 0.29) is 0 Å². The summed E-state index contributed by atoms with van der Waals surface area (Å²) < 4.78 is 8.39. The molecule has 0 saturated heterocycles. The van der Waals surface area contributed by atoms with Gasteiger partial charge in [-0.05, 0) is 38.1 Å². The lowest BCUT2D eigenvalue weighted by molar-refractivity contribution is 0.623. The van der Waals surface area contributed by atoms with Crippen molar-refractivity contribution >= 4 is 21.9 Å². The average Bonchev–Trinajstić information content (AvgIpc) is 2.47. The van der Waals surface area contributed by atoms with E-state index < -0.39 is 0 Å². The number of hydrogen-bond donors (Lipinski definition) is 0. The molecule has 2 heteroatoms. The summed E-state index contributed by atoms with van der Waals surface area (Å²) >= 11 is 0. The van der Waals surface area contributed by atoms with Gasteiger partial charge in [0.05, 0.1) is 10.8 Å². The Hall–Kier alpha value is -2.09. The molecule has 0 radical (unpaired) electrons. The molecule has 0 unspecified atom stereocenters. The van der Waals surface area contributed by atoms with E-state index >= 15 is 0 Å². The van der Waals surface area contributed by atoms with Crippen LogP contribution in [-0.4, -0.2) is 13.1 Å². The molecule has 96 valence electrons. The number of hydrogen-bond acceptors (Lipinski definition) is 1. The average molecular weight is 252 g/mol. The molecule has 0 saturated carbocycles. The second kappa shape index (κ2) is 4.88. The van der Waals surface area contributed by atoms with E-state index in [1.54, 1.807) is 0 Å². The molecule has 0 atom stereocenters. The maximum atomic E-state index is 6.00. The minimum Gasteiger partial charge on any atom is -0.456 e. The molecule has 0 fully saturated rings. The van der Waals surface area contributed by atoms with Gasteiger partial charge in [-0.3, -0.25) is 0 Å². The highest BCUT2D eigenvalue weighted by molar-refractivity contribution is 5.89. The Morgan fingerprint density at radius 1 is 0.789 bits per heavy atom. The normalized spacial score (nSPS) is 11.1. The largest absolute Gasteiger partial charge is 0.456 e. The molecule has 3 rings (SSSR count). The van der Waals surface area contributed by atoms with Crippen LogP contribution in [0.1, 0.15) is 13.8 Å². The van der Waals surface area contributed by atoms with Crippen molar-refractivity contribution in [2.24, 2.45) is 0 Å². The molecule has 0 spiro atoms. The zero-order valence-electron chi connectivity index (χ0n) is 11.4. The number of para-hydroxylation sites is 2. The third-order valence-electron chi connectivity index (χ3n) is 3.58. The molecule has 2 aromatic carbocycles. The molecule has 0 aliphatic rings. The minimum atomic E-state index is 0.947. The minimum absolute atomic E-state index is 0.947. The van der Waals surface area contributed by atoms with Crippen LogP contribution in [0.5, 0.6) is 0 Å². The molecule has 0 amide bonds. The van der Waals surface area contributed by atoms with E-state index in [0.717, 1.165) is 24.3 Å². The lowest BCUT2D eigenvalue weighted by Gasteiger charge is -2.04. The molecule has 3 aromatic rings. The molecule has 0 bridgehead atoms. The first-order chi connectivity index (χ1) is 9.35.